The van der Waals surface area contributed by atoms with Crippen molar-refractivity contribution in [3.05, 3.63) is 60.4 Å². The maximum absolute atomic E-state index is 13.5. The monoisotopic (exact) mass is 358 g/mol. The molecule has 2 aromatic rings. The fourth-order valence-electron chi connectivity index (χ4n) is 2.82. The molecule has 0 bridgehead atoms. The van der Waals surface area contributed by atoms with Gasteiger partial charge in [0.1, 0.15) is 12.4 Å². The SMILES string of the molecule is O=C(COc1ccccc1)N1CCN(CCOc2ccccc2F)CC1. The Morgan fingerprint density at radius 2 is 1.62 bits per heavy atom. The number of carbonyl (C=O) groups is 1. The normalized spacial score (nSPS) is 14.9. The van der Waals surface area contributed by atoms with E-state index in [4.69, 9.17) is 9.47 Å². The summed E-state index contributed by atoms with van der Waals surface area (Å²) in [6, 6.07) is 15.7. The molecule has 1 fully saturated rings. The van der Waals surface area contributed by atoms with Crippen LogP contribution in [0.2, 0.25) is 0 Å². The van der Waals surface area contributed by atoms with E-state index < -0.39 is 0 Å². The summed E-state index contributed by atoms with van der Waals surface area (Å²) in [5.74, 6) is 0.626. The summed E-state index contributed by atoms with van der Waals surface area (Å²) in [6.07, 6.45) is 0. The van der Waals surface area contributed by atoms with Crippen molar-refractivity contribution >= 4 is 5.91 Å². The number of hydrogen-bond donors (Lipinski definition) is 0. The molecule has 138 valence electrons. The van der Waals surface area contributed by atoms with Crippen LogP contribution in [0, 0.1) is 5.82 Å². The second-order valence-corrected chi connectivity index (χ2v) is 6.10. The first kappa shape index (κ1) is 18.2. The Morgan fingerprint density at radius 3 is 2.35 bits per heavy atom. The number of piperazine rings is 1. The number of benzene rings is 2. The molecule has 5 nitrogen and oxygen atoms in total. The van der Waals surface area contributed by atoms with Gasteiger partial charge in [0.2, 0.25) is 0 Å². The maximum atomic E-state index is 13.5. The zero-order chi connectivity index (χ0) is 18.2. The van der Waals surface area contributed by atoms with Crippen molar-refractivity contribution in [2.45, 2.75) is 0 Å². The van der Waals surface area contributed by atoms with Crippen molar-refractivity contribution in [3.63, 3.8) is 0 Å². The van der Waals surface area contributed by atoms with Gasteiger partial charge in [0, 0.05) is 32.7 Å². The molecule has 0 atom stereocenters. The highest BCUT2D eigenvalue weighted by atomic mass is 19.1. The van der Waals surface area contributed by atoms with Gasteiger partial charge in [-0.3, -0.25) is 9.69 Å². The largest absolute Gasteiger partial charge is 0.489 e. The zero-order valence-corrected chi connectivity index (χ0v) is 14.6. The number of amides is 1. The Hall–Kier alpha value is -2.60. The van der Waals surface area contributed by atoms with Gasteiger partial charge in [-0.15, -0.1) is 0 Å². The third kappa shape index (κ3) is 5.20. The van der Waals surface area contributed by atoms with Crippen molar-refractivity contribution in [2.24, 2.45) is 0 Å². The van der Waals surface area contributed by atoms with Gasteiger partial charge >= 0.3 is 0 Å². The van der Waals surface area contributed by atoms with E-state index in [2.05, 4.69) is 4.90 Å². The van der Waals surface area contributed by atoms with Gasteiger partial charge in [0.15, 0.2) is 18.2 Å². The number of nitrogens with zero attached hydrogens (tertiary/aromatic N) is 2. The van der Waals surface area contributed by atoms with E-state index in [1.165, 1.54) is 6.07 Å². The zero-order valence-electron chi connectivity index (χ0n) is 14.6. The van der Waals surface area contributed by atoms with Crippen molar-refractivity contribution in [1.82, 2.24) is 9.80 Å². The van der Waals surface area contributed by atoms with E-state index in [9.17, 15) is 9.18 Å². The summed E-state index contributed by atoms with van der Waals surface area (Å²) in [5, 5.41) is 0. The molecular weight excluding hydrogens is 335 g/mol. The number of hydrogen-bond acceptors (Lipinski definition) is 4. The molecule has 1 heterocycles. The van der Waals surface area contributed by atoms with Crippen LogP contribution in [0.1, 0.15) is 0 Å². The molecule has 0 saturated carbocycles. The number of halogens is 1. The molecule has 0 N–H and O–H groups in total. The molecule has 2 aromatic carbocycles. The lowest BCUT2D eigenvalue weighted by molar-refractivity contribution is -0.135. The molecule has 0 aromatic heterocycles. The molecule has 3 rings (SSSR count). The minimum Gasteiger partial charge on any atom is -0.489 e. The lowest BCUT2D eigenvalue weighted by Gasteiger charge is -2.34. The van der Waals surface area contributed by atoms with Crippen LogP contribution in [0.4, 0.5) is 4.39 Å². The van der Waals surface area contributed by atoms with E-state index in [1.807, 2.05) is 35.2 Å². The lowest BCUT2D eigenvalue weighted by atomic mass is 10.3. The number of rotatable bonds is 7. The molecular formula is C20H23FN2O3. The van der Waals surface area contributed by atoms with Crippen LogP contribution in [0.3, 0.4) is 0 Å². The van der Waals surface area contributed by atoms with E-state index in [-0.39, 0.29) is 24.1 Å². The highest BCUT2D eigenvalue weighted by Gasteiger charge is 2.21. The van der Waals surface area contributed by atoms with Crippen LogP contribution in [0.15, 0.2) is 54.6 Å². The van der Waals surface area contributed by atoms with Crippen LogP contribution >= 0.6 is 0 Å². The third-order valence-corrected chi connectivity index (χ3v) is 4.33. The van der Waals surface area contributed by atoms with Gasteiger partial charge in [-0.25, -0.2) is 4.39 Å². The standard InChI is InChI=1S/C20H23FN2O3/c21-18-8-4-5-9-19(18)25-15-14-22-10-12-23(13-11-22)20(24)16-26-17-6-2-1-3-7-17/h1-9H,10-16H2. The first-order chi connectivity index (χ1) is 12.7. The molecule has 1 aliphatic rings. The predicted octanol–water partition coefficient (Wildman–Crippen LogP) is 2.43. The molecule has 1 saturated heterocycles. The topological polar surface area (TPSA) is 42.0 Å². The Balaban J connectivity index is 1.34. The van der Waals surface area contributed by atoms with Crippen molar-refractivity contribution < 1.29 is 18.7 Å². The average Bonchev–Trinajstić information content (AvgIpc) is 2.69. The predicted molar refractivity (Wildman–Crippen MR) is 96.9 cm³/mol. The minimum absolute atomic E-state index is 0.00360. The molecule has 0 unspecified atom stereocenters. The fraction of sp³-hybridized carbons (Fsp3) is 0.350. The number of ether oxygens (including phenoxy) is 2. The Bertz CT molecular complexity index is 703. The average molecular weight is 358 g/mol. The summed E-state index contributed by atoms with van der Waals surface area (Å²) < 4.78 is 24.5. The fourth-order valence-corrected chi connectivity index (χ4v) is 2.82. The lowest BCUT2D eigenvalue weighted by Crippen LogP contribution is -2.50. The van der Waals surface area contributed by atoms with Crippen LogP contribution in [-0.2, 0) is 4.79 Å². The Labute approximate surface area is 152 Å². The second kappa shape index (κ2) is 9.20. The third-order valence-electron chi connectivity index (χ3n) is 4.33. The van der Waals surface area contributed by atoms with Gasteiger partial charge in [0.05, 0.1) is 0 Å². The highest BCUT2D eigenvalue weighted by molar-refractivity contribution is 5.77. The maximum Gasteiger partial charge on any atom is 0.260 e. The molecule has 0 aliphatic carbocycles. The quantitative estimate of drug-likeness (QED) is 0.762. The number of para-hydroxylation sites is 2. The molecule has 26 heavy (non-hydrogen) atoms. The molecule has 1 aliphatic heterocycles. The van der Waals surface area contributed by atoms with Gasteiger partial charge in [-0.1, -0.05) is 30.3 Å². The van der Waals surface area contributed by atoms with Crippen LogP contribution in [-0.4, -0.2) is 61.6 Å². The smallest absolute Gasteiger partial charge is 0.260 e. The van der Waals surface area contributed by atoms with Crippen LogP contribution < -0.4 is 9.47 Å². The summed E-state index contributed by atoms with van der Waals surface area (Å²) in [4.78, 5) is 16.3. The Kier molecular flexibility index (Phi) is 6.44. The summed E-state index contributed by atoms with van der Waals surface area (Å²) in [6.45, 7) is 4.06. The first-order valence-corrected chi connectivity index (χ1v) is 8.78. The molecule has 0 spiro atoms. The first-order valence-electron chi connectivity index (χ1n) is 8.78. The highest BCUT2D eigenvalue weighted by Crippen LogP contribution is 2.15. The van der Waals surface area contributed by atoms with E-state index in [1.54, 1.807) is 18.2 Å². The summed E-state index contributed by atoms with van der Waals surface area (Å²) in [7, 11) is 0. The van der Waals surface area contributed by atoms with Gasteiger partial charge in [-0.2, -0.15) is 0 Å². The van der Waals surface area contributed by atoms with Crippen LogP contribution in [0.25, 0.3) is 0 Å². The Morgan fingerprint density at radius 1 is 0.923 bits per heavy atom. The van der Waals surface area contributed by atoms with Crippen molar-refractivity contribution in [3.8, 4) is 11.5 Å². The molecule has 1 amide bonds. The number of carbonyl (C=O) groups excluding carboxylic acids is 1. The van der Waals surface area contributed by atoms with E-state index in [0.717, 1.165) is 13.1 Å². The van der Waals surface area contributed by atoms with Gasteiger partial charge in [-0.05, 0) is 24.3 Å². The second-order valence-electron chi connectivity index (χ2n) is 6.10. The van der Waals surface area contributed by atoms with Crippen molar-refractivity contribution in [1.29, 1.82) is 0 Å². The van der Waals surface area contributed by atoms with Crippen molar-refractivity contribution in [2.75, 3.05) is 45.9 Å². The van der Waals surface area contributed by atoms with Gasteiger partial charge < -0.3 is 14.4 Å². The summed E-state index contributed by atoms with van der Waals surface area (Å²) in [5.41, 5.74) is 0. The minimum atomic E-state index is -0.346. The van der Waals surface area contributed by atoms with E-state index in [0.29, 0.717) is 32.0 Å². The van der Waals surface area contributed by atoms with E-state index >= 15 is 0 Å². The van der Waals surface area contributed by atoms with Gasteiger partial charge in [0.25, 0.3) is 5.91 Å². The molecule has 6 heteroatoms. The van der Waals surface area contributed by atoms with Crippen LogP contribution in [0.5, 0.6) is 11.5 Å². The molecule has 0 radical (unpaired) electrons. The summed E-state index contributed by atoms with van der Waals surface area (Å²) >= 11 is 0.